The fraction of sp³-hybridized carbons (Fsp3) is 0.679. The third-order valence-corrected chi connectivity index (χ3v) is 9.07. The van der Waals surface area contributed by atoms with Gasteiger partial charge in [-0.3, -0.25) is 18.9 Å². The monoisotopic (exact) mass is 478 g/mol. The van der Waals surface area contributed by atoms with E-state index in [-0.39, 0.29) is 17.8 Å². The highest BCUT2D eigenvalue weighted by Crippen LogP contribution is 2.59. The zero-order valence-corrected chi connectivity index (χ0v) is 20.9. The van der Waals surface area contributed by atoms with E-state index in [0.29, 0.717) is 30.8 Å². The highest BCUT2D eigenvalue weighted by atomic mass is 16.5. The molecule has 188 valence electrons. The zero-order valence-electron chi connectivity index (χ0n) is 20.9. The Hall–Kier alpha value is -2.41. The summed E-state index contributed by atoms with van der Waals surface area (Å²) in [5.41, 5.74) is 2.69. The third-order valence-electron chi connectivity index (χ3n) is 9.07. The Morgan fingerprint density at radius 3 is 2.60 bits per heavy atom. The van der Waals surface area contributed by atoms with Gasteiger partial charge in [-0.1, -0.05) is 6.07 Å². The lowest BCUT2D eigenvalue weighted by Crippen LogP contribution is -2.51. The number of aromatic nitrogens is 2. The standard InChI is InChI=1S/C28H38N4O3/c1-2-35-27(34)22-5-4-8-31(15-22)16-23-17-32-24(6-3-7-25(32)30-23)26(33)29-18-28-12-19-9-20(13-28)11-21(10-19)14-28/h3,6-7,17,19-22H,2,4-5,8-16,18H2,1H3,(H,29,33). The first-order valence-electron chi connectivity index (χ1n) is 13.6. The Labute approximate surface area is 207 Å². The Balaban J connectivity index is 1.13. The van der Waals surface area contributed by atoms with Gasteiger partial charge in [0, 0.05) is 25.8 Å². The quantitative estimate of drug-likeness (QED) is 0.608. The van der Waals surface area contributed by atoms with E-state index in [1.807, 2.05) is 35.7 Å². The van der Waals surface area contributed by atoms with Gasteiger partial charge in [-0.15, -0.1) is 0 Å². The molecule has 1 saturated heterocycles. The zero-order chi connectivity index (χ0) is 24.0. The van der Waals surface area contributed by atoms with Crippen LogP contribution in [0.3, 0.4) is 0 Å². The van der Waals surface area contributed by atoms with E-state index in [2.05, 4.69) is 10.2 Å². The minimum atomic E-state index is -0.0924. The molecule has 1 aliphatic heterocycles. The van der Waals surface area contributed by atoms with Crippen molar-refractivity contribution >= 4 is 17.5 Å². The molecule has 7 heteroatoms. The molecule has 0 spiro atoms. The summed E-state index contributed by atoms with van der Waals surface area (Å²) in [6, 6.07) is 5.77. The summed E-state index contributed by atoms with van der Waals surface area (Å²) >= 11 is 0. The number of esters is 1. The maximum Gasteiger partial charge on any atom is 0.310 e. The molecule has 5 fully saturated rings. The number of hydrogen-bond acceptors (Lipinski definition) is 5. The van der Waals surface area contributed by atoms with E-state index in [1.54, 1.807) is 0 Å². The molecule has 5 aliphatic rings. The van der Waals surface area contributed by atoms with Gasteiger partial charge in [-0.05, 0) is 100 Å². The molecule has 35 heavy (non-hydrogen) atoms. The largest absolute Gasteiger partial charge is 0.466 e. The molecule has 0 radical (unpaired) electrons. The predicted octanol–water partition coefficient (Wildman–Crippen LogP) is 4.06. The Bertz CT molecular complexity index is 1070. The lowest BCUT2D eigenvalue weighted by molar-refractivity contribution is -0.150. The van der Waals surface area contributed by atoms with Gasteiger partial charge in [0.15, 0.2) is 0 Å². The van der Waals surface area contributed by atoms with Crippen molar-refractivity contribution in [2.75, 3.05) is 26.2 Å². The van der Waals surface area contributed by atoms with Crippen molar-refractivity contribution in [3.63, 3.8) is 0 Å². The summed E-state index contributed by atoms with van der Waals surface area (Å²) in [6.07, 6.45) is 12.0. The molecule has 4 saturated carbocycles. The van der Waals surface area contributed by atoms with Crippen LogP contribution < -0.4 is 5.32 Å². The second-order valence-corrected chi connectivity index (χ2v) is 11.8. The van der Waals surface area contributed by atoms with Crippen molar-refractivity contribution in [2.24, 2.45) is 29.1 Å². The van der Waals surface area contributed by atoms with Crippen molar-refractivity contribution in [3.8, 4) is 0 Å². The van der Waals surface area contributed by atoms with Gasteiger partial charge in [0.1, 0.15) is 11.3 Å². The number of pyridine rings is 1. The molecule has 1 unspecified atom stereocenters. The average molecular weight is 479 g/mol. The normalized spacial score (nSPS) is 32.1. The first-order chi connectivity index (χ1) is 17.0. The molecule has 1 N–H and O–H groups in total. The number of likely N-dealkylation sites (tertiary alicyclic amines) is 1. The number of fused-ring (bicyclic) bond motifs is 1. The van der Waals surface area contributed by atoms with Crippen LogP contribution in [0.25, 0.3) is 5.65 Å². The van der Waals surface area contributed by atoms with E-state index in [9.17, 15) is 9.59 Å². The number of nitrogens with one attached hydrogen (secondary N) is 1. The van der Waals surface area contributed by atoms with Crippen molar-refractivity contribution in [2.45, 2.75) is 64.8 Å². The molecular formula is C28H38N4O3. The summed E-state index contributed by atoms with van der Waals surface area (Å²) in [7, 11) is 0. The molecular weight excluding hydrogens is 440 g/mol. The number of carbonyl (C=O) groups is 2. The minimum absolute atomic E-state index is 0.00403. The van der Waals surface area contributed by atoms with E-state index < -0.39 is 0 Å². The number of imidazole rings is 1. The number of rotatable bonds is 7. The third kappa shape index (κ3) is 4.59. The number of hydrogen-bond donors (Lipinski definition) is 1. The average Bonchev–Trinajstić information content (AvgIpc) is 3.24. The van der Waals surface area contributed by atoms with Crippen LogP contribution in [0.2, 0.25) is 0 Å². The smallest absolute Gasteiger partial charge is 0.310 e. The van der Waals surface area contributed by atoms with Gasteiger partial charge in [0.05, 0.1) is 18.2 Å². The number of nitrogens with zero attached hydrogens (tertiary/aromatic N) is 3. The Morgan fingerprint density at radius 1 is 1.14 bits per heavy atom. The van der Waals surface area contributed by atoms with Crippen LogP contribution in [0.5, 0.6) is 0 Å². The molecule has 1 amide bonds. The van der Waals surface area contributed by atoms with Crippen molar-refractivity contribution < 1.29 is 14.3 Å². The van der Waals surface area contributed by atoms with Crippen LogP contribution in [0.15, 0.2) is 24.4 Å². The molecule has 4 bridgehead atoms. The summed E-state index contributed by atoms with van der Waals surface area (Å²) in [5.74, 6) is 2.50. The maximum atomic E-state index is 13.3. The molecule has 7 rings (SSSR count). The first kappa shape index (κ1) is 23.0. The first-order valence-corrected chi connectivity index (χ1v) is 13.6. The molecule has 4 aliphatic carbocycles. The summed E-state index contributed by atoms with van der Waals surface area (Å²) < 4.78 is 7.17. The fourth-order valence-corrected chi connectivity index (χ4v) is 8.07. The SMILES string of the molecule is CCOC(=O)C1CCCN(Cc2cn3c(C(=O)NCC45CC6CC(CC(C6)C4)C5)cccc3n2)C1. The van der Waals surface area contributed by atoms with Crippen molar-refractivity contribution in [1.29, 1.82) is 0 Å². The van der Waals surface area contributed by atoms with E-state index in [0.717, 1.165) is 55.0 Å². The molecule has 1 atom stereocenters. The highest BCUT2D eigenvalue weighted by Gasteiger charge is 2.50. The second-order valence-electron chi connectivity index (χ2n) is 11.8. The second kappa shape index (κ2) is 9.23. The van der Waals surface area contributed by atoms with Crippen LogP contribution in [0, 0.1) is 29.1 Å². The lowest BCUT2D eigenvalue weighted by Gasteiger charge is -2.56. The number of amides is 1. The molecule has 2 aromatic rings. The van der Waals surface area contributed by atoms with Crippen molar-refractivity contribution in [3.05, 3.63) is 35.8 Å². The van der Waals surface area contributed by atoms with Crippen LogP contribution >= 0.6 is 0 Å². The Kier molecular flexibility index (Phi) is 6.07. The summed E-state index contributed by atoms with van der Waals surface area (Å²) in [6.45, 7) is 5.40. The van der Waals surface area contributed by atoms with Gasteiger partial charge in [-0.2, -0.15) is 0 Å². The van der Waals surface area contributed by atoms with Gasteiger partial charge < -0.3 is 10.1 Å². The van der Waals surface area contributed by atoms with E-state index in [1.165, 1.54) is 38.5 Å². The van der Waals surface area contributed by atoms with E-state index >= 15 is 0 Å². The topological polar surface area (TPSA) is 75.9 Å². The van der Waals surface area contributed by atoms with Crippen molar-refractivity contribution in [1.82, 2.24) is 19.6 Å². The molecule has 7 nitrogen and oxygen atoms in total. The Morgan fingerprint density at radius 2 is 1.89 bits per heavy atom. The van der Waals surface area contributed by atoms with Gasteiger partial charge in [0.25, 0.3) is 5.91 Å². The number of piperidine rings is 1. The van der Waals surface area contributed by atoms with Gasteiger partial charge in [-0.25, -0.2) is 4.98 Å². The van der Waals surface area contributed by atoms with E-state index in [4.69, 9.17) is 9.72 Å². The van der Waals surface area contributed by atoms with Crippen LogP contribution in [0.4, 0.5) is 0 Å². The summed E-state index contributed by atoms with van der Waals surface area (Å²) in [5, 5.41) is 3.32. The van der Waals surface area contributed by atoms with Gasteiger partial charge >= 0.3 is 5.97 Å². The van der Waals surface area contributed by atoms with Crippen LogP contribution in [-0.4, -0.2) is 52.4 Å². The maximum absolute atomic E-state index is 13.3. The fourth-order valence-electron chi connectivity index (χ4n) is 8.07. The van der Waals surface area contributed by atoms with Crippen LogP contribution in [-0.2, 0) is 16.1 Å². The molecule has 3 heterocycles. The van der Waals surface area contributed by atoms with Gasteiger partial charge in [0.2, 0.25) is 0 Å². The number of carbonyl (C=O) groups excluding carboxylic acids is 2. The number of ether oxygens (including phenoxy) is 1. The minimum Gasteiger partial charge on any atom is -0.466 e. The lowest BCUT2D eigenvalue weighted by atomic mass is 9.49. The van der Waals surface area contributed by atoms with Crippen LogP contribution in [0.1, 0.15) is 74.5 Å². The highest BCUT2D eigenvalue weighted by molar-refractivity contribution is 5.93. The predicted molar refractivity (Wildman–Crippen MR) is 133 cm³/mol. The summed E-state index contributed by atoms with van der Waals surface area (Å²) in [4.78, 5) is 32.6. The molecule has 0 aromatic carbocycles. The molecule has 2 aromatic heterocycles.